The van der Waals surface area contributed by atoms with E-state index in [1.807, 2.05) is 78.3 Å². The van der Waals surface area contributed by atoms with Gasteiger partial charge in [0.05, 0.1) is 28.0 Å². The minimum Gasteiger partial charge on any atom is -0.266 e. The van der Waals surface area contributed by atoms with Crippen LogP contribution in [-0.4, -0.2) is 41.9 Å². The molecule has 0 atom stereocenters. The first-order valence-electron chi connectivity index (χ1n) is 10.2. The van der Waals surface area contributed by atoms with E-state index in [9.17, 15) is 4.79 Å². The van der Waals surface area contributed by atoms with Crippen molar-refractivity contribution in [2.24, 2.45) is 5.10 Å². The molecule has 0 bridgehead atoms. The van der Waals surface area contributed by atoms with Crippen LogP contribution in [0.5, 0.6) is 0 Å². The predicted molar refractivity (Wildman–Crippen MR) is 127 cm³/mol. The Bertz CT molecular complexity index is 1680. The molecule has 0 saturated carbocycles. The van der Waals surface area contributed by atoms with Gasteiger partial charge in [-0.15, -0.1) is 16.4 Å². The van der Waals surface area contributed by atoms with E-state index in [4.69, 9.17) is 0 Å². The summed E-state index contributed by atoms with van der Waals surface area (Å²) < 4.78 is 3.52. The van der Waals surface area contributed by atoms with Crippen molar-refractivity contribution in [2.75, 3.05) is 0 Å². The van der Waals surface area contributed by atoms with Crippen molar-refractivity contribution in [1.29, 1.82) is 0 Å². The van der Waals surface area contributed by atoms with Crippen molar-refractivity contribution in [3.8, 4) is 5.69 Å². The Hall–Kier alpha value is -4.44. The molecule has 4 heterocycles. The molecule has 0 aliphatic heterocycles. The first-order valence-corrected chi connectivity index (χ1v) is 11.0. The maximum atomic E-state index is 12.8. The van der Waals surface area contributed by atoms with Crippen LogP contribution in [0, 0.1) is 6.92 Å². The predicted octanol–water partition coefficient (Wildman–Crippen LogP) is 3.75. The van der Waals surface area contributed by atoms with Crippen molar-refractivity contribution < 1.29 is 4.79 Å². The van der Waals surface area contributed by atoms with Gasteiger partial charge in [-0.3, -0.25) is 4.79 Å². The maximum absolute atomic E-state index is 12.8. The molecular weight excluding hydrogens is 436 g/mol. The van der Waals surface area contributed by atoms with Crippen LogP contribution < -0.4 is 5.43 Å². The molecule has 6 aromatic rings. The summed E-state index contributed by atoms with van der Waals surface area (Å²) >= 11 is 1.38. The van der Waals surface area contributed by atoms with Gasteiger partial charge in [-0.1, -0.05) is 36.4 Å². The molecule has 1 N–H and O–H groups in total. The van der Waals surface area contributed by atoms with Gasteiger partial charge >= 0.3 is 0 Å². The van der Waals surface area contributed by atoms with Gasteiger partial charge in [-0.2, -0.15) is 14.7 Å². The molecule has 0 fully saturated rings. The molecule has 0 radical (unpaired) electrons. The fraction of sp³-hybridized carbons (Fsp3) is 0.0435. The molecule has 0 unspecified atom stereocenters. The highest BCUT2D eigenvalue weighted by molar-refractivity contribution is 7.20. The third-order valence-electron chi connectivity index (χ3n) is 5.34. The zero-order valence-electron chi connectivity index (χ0n) is 17.4. The number of hydrogen-bond donors (Lipinski definition) is 1. The molecule has 0 aliphatic rings. The van der Waals surface area contributed by atoms with Gasteiger partial charge in [0.15, 0.2) is 5.65 Å². The summed E-state index contributed by atoms with van der Waals surface area (Å²) in [5.41, 5.74) is 6.59. The molecule has 4 aromatic heterocycles. The largest absolute Gasteiger partial charge is 0.281 e. The molecule has 1 amide bonds. The van der Waals surface area contributed by atoms with E-state index < -0.39 is 0 Å². The topological polar surface area (TPSA) is 102 Å². The van der Waals surface area contributed by atoms with Gasteiger partial charge in [-0.25, -0.2) is 10.1 Å². The number of thiophene rings is 1. The standard InChI is InChI=1S/C23H16N8OS/c1-14-18-12-20(33-23(18)30(27-14)17-8-3-2-4-9-17)22(32)26-24-13-16-11-15-7-5-6-10-19(15)31-21(16)25-28-29-31/h2-13H,1H3,(H,26,32)/b24-13+. The number of hydrazone groups is 1. The number of nitrogens with one attached hydrogen (secondary N) is 1. The van der Waals surface area contributed by atoms with Crippen LogP contribution in [0.15, 0.2) is 71.8 Å². The molecule has 2 aromatic carbocycles. The number of aromatic nitrogens is 6. The second-order valence-corrected chi connectivity index (χ2v) is 8.46. The van der Waals surface area contributed by atoms with E-state index in [0.29, 0.717) is 16.1 Å². The number of benzene rings is 2. The number of amides is 1. The molecule has 9 nitrogen and oxygen atoms in total. The van der Waals surface area contributed by atoms with Crippen LogP contribution in [0.25, 0.3) is 32.5 Å². The fourth-order valence-electron chi connectivity index (χ4n) is 3.78. The number of fused-ring (bicyclic) bond motifs is 4. The zero-order chi connectivity index (χ0) is 22.4. The van der Waals surface area contributed by atoms with Crippen molar-refractivity contribution in [3.05, 3.63) is 82.9 Å². The molecule has 10 heteroatoms. The van der Waals surface area contributed by atoms with E-state index in [1.165, 1.54) is 11.3 Å². The first kappa shape index (κ1) is 19.3. The van der Waals surface area contributed by atoms with Gasteiger partial charge in [0.25, 0.3) is 5.91 Å². The average molecular weight is 453 g/mol. The first-order chi connectivity index (χ1) is 16.2. The SMILES string of the molecule is Cc1nn(-c2ccccc2)c2sc(C(=O)N/N=C/c3cc4ccccc4n4nnnc34)cc12. The molecular formula is C23H16N8OS. The summed E-state index contributed by atoms with van der Waals surface area (Å²) in [7, 11) is 0. The van der Waals surface area contributed by atoms with Crippen LogP contribution in [0.4, 0.5) is 0 Å². The number of aryl methyl sites for hydroxylation is 1. The summed E-state index contributed by atoms with van der Waals surface area (Å²) in [5, 5.41) is 22.6. The quantitative estimate of drug-likeness (QED) is 0.324. The monoisotopic (exact) mass is 452 g/mol. The summed E-state index contributed by atoms with van der Waals surface area (Å²) in [6.07, 6.45) is 1.56. The van der Waals surface area contributed by atoms with Gasteiger partial charge in [0, 0.05) is 16.3 Å². The number of pyridine rings is 1. The summed E-state index contributed by atoms with van der Waals surface area (Å²) in [4.78, 5) is 14.3. The molecule has 160 valence electrons. The van der Waals surface area contributed by atoms with Crippen molar-refractivity contribution >= 4 is 50.2 Å². The number of rotatable bonds is 4. The summed E-state index contributed by atoms with van der Waals surface area (Å²) in [5.74, 6) is -0.289. The highest BCUT2D eigenvalue weighted by atomic mass is 32.1. The van der Waals surface area contributed by atoms with E-state index in [-0.39, 0.29) is 5.91 Å². The van der Waals surface area contributed by atoms with Crippen LogP contribution in [0.2, 0.25) is 0 Å². The zero-order valence-corrected chi connectivity index (χ0v) is 18.2. The number of para-hydroxylation sites is 2. The minimum absolute atomic E-state index is 0.289. The van der Waals surface area contributed by atoms with Crippen molar-refractivity contribution in [1.82, 2.24) is 35.2 Å². The molecule has 0 aliphatic carbocycles. The average Bonchev–Trinajstić information content (AvgIpc) is 3.57. The minimum atomic E-state index is -0.289. The van der Waals surface area contributed by atoms with E-state index in [1.54, 1.807) is 10.7 Å². The number of hydrogen-bond acceptors (Lipinski definition) is 7. The molecule has 6 rings (SSSR count). The molecule has 33 heavy (non-hydrogen) atoms. The van der Waals surface area contributed by atoms with E-state index >= 15 is 0 Å². The van der Waals surface area contributed by atoms with Crippen LogP contribution >= 0.6 is 11.3 Å². The summed E-state index contributed by atoms with van der Waals surface area (Å²) in [6.45, 7) is 1.94. The molecule has 0 saturated heterocycles. The van der Waals surface area contributed by atoms with Gasteiger partial charge in [0.1, 0.15) is 4.83 Å². The lowest BCUT2D eigenvalue weighted by Gasteiger charge is -2.02. The van der Waals surface area contributed by atoms with Crippen molar-refractivity contribution in [2.45, 2.75) is 6.92 Å². The second-order valence-electron chi connectivity index (χ2n) is 7.43. The Labute approximate surface area is 191 Å². The Morgan fingerprint density at radius 1 is 1.09 bits per heavy atom. The second kappa shape index (κ2) is 7.61. The van der Waals surface area contributed by atoms with Crippen LogP contribution in [0.3, 0.4) is 0 Å². The van der Waals surface area contributed by atoms with Gasteiger partial charge in [-0.05, 0) is 47.7 Å². The number of carbonyl (C=O) groups is 1. The van der Waals surface area contributed by atoms with Crippen LogP contribution in [0.1, 0.15) is 20.9 Å². The number of carbonyl (C=O) groups excluding carboxylic acids is 1. The van der Waals surface area contributed by atoms with Crippen molar-refractivity contribution in [3.63, 3.8) is 0 Å². The van der Waals surface area contributed by atoms with Gasteiger partial charge < -0.3 is 0 Å². The lowest BCUT2D eigenvalue weighted by Crippen LogP contribution is -2.16. The maximum Gasteiger partial charge on any atom is 0.281 e. The Balaban J connectivity index is 1.29. The number of tetrazole rings is 1. The Kier molecular flexibility index (Phi) is 4.44. The highest BCUT2D eigenvalue weighted by Crippen LogP contribution is 2.30. The normalized spacial score (nSPS) is 11.8. The smallest absolute Gasteiger partial charge is 0.266 e. The number of nitrogens with zero attached hydrogens (tertiary/aromatic N) is 7. The third-order valence-corrected chi connectivity index (χ3v) is 6.45. The van der Waals surface area contributed by atoms with E-state index in [0.717, 1.165) is 32.5 Å². The summed E-state index contributed by atoms with van der Waals surface area (Å²) in [6, 6.07) is 21.4. The highest BCUT2D eigenvalue weighted by Gasteiger charge is 2.17. The Morgan fingerprint density at radius 3 is 2.79 bits per heavy atom. The van der Waals surface area contributed by atoms with Gasteiger partial charge in [0.2, 0.25) is 0 Å². The van der Waals surface area contributed by atoms with E-state index in [2.05, 4.69) is 31.2 Å². The third kappa shape index (κ3) is 3.24. The fourth-order valence-corrected chi connectivity index (χ4v) is 4.85. The lowest BCUT2D eigenvalue weighted by molar-refractivity contribution is 0.0959. The van der Waals surface area contributed by atoms with Crippen LogP contribution in [-0.2, 0) is 0 Å². The Morgan fingerprint density at radius 2 is 1.91 bits per heavy atom. The molecule has 0 spiro atoms. The lowest BCUT2D eigenvalue weighted by atomic mass is 10.1.